The van der Waals surface area contributed by atoms with Gasteiger partial charge in [-0.25, -0.2) is 0 Å². The summed E-state index contributed by atoms with van der Waals surface area (Å²) < 4.78 is 6.57. The topological polar surface area (TPSA) is 35.2 Å². The van der Waals surface area contributed by atoms with E-state index in [1.807, 2.05) is 37.3 Å². The van der Waals surface area contributed by atoms with Gasteiger partial charge in [0.15, 0.2) is 0 Å². The van der Waals surface area contributed by atoms with Gasteiger partial charge in [-0.1, -0.05) is 27.7 Å². The number of nitrogen functional groups attached to an aromatic ring is 1. The number of hydrogen-bond donors (Lipinski definition) is 1. The third-order valence-corrected chi connectivity index (χ3v) is 3.86. The molecular formula is C14H14BrNOS. The number of halogens is 1. The second-order valence-corrected chi connectivity index (χ2v) is 5.75. The van der Waals surface area contributed by atoms with E-state index in [1.165, 1.54) is 4.90 Å². The molecule has 2 N–H and O–H groups in total. The van der Waals surface area contributed by atoms with Crippen LogP contribution in [0.25, 0.3) is 0 Å². The van der Waals surface area contributed by atoms with Crippen LogP contribution in [-0.4, -0.2) is 6.61 Å². The van der Waals surface area contributed by atoms with Crippen molar-refractivity contribution in [2.75, 3.05) is 12.3 Å². The van der Waals surface area contributed by atoms with Gasteiger partial charge in [-0.15, -0.1) is 0 Å². The van der Waals surface area contributed by atoms with Gasteiger partial charge in [-0.2, -0.15) is 0 Å². The summed E-state index contributed by atoms with van der Waals surface area (Å²) in [7, 11) is 0. The first-order valence-electron chi connectivity index (χ1n) is 5.65. The predicted molar refractivity (Wildman–Crippen MR) is 80.3 cm³/mol. The van der Waals surface area contributed by atoms with Gasteiger partial charge in [0.25, 0.3) is 0 Å². The van der Waals surface area contributed by atoms with E-state index in [1.54, 1.807) is 11.8 Å². The van der Waals surface area contributed by atoms with Crippen LogP contribution in [0, 0.1) is 0 Å². The molecule has 0 atom stereocenters. The van der Waals surface area contributed by atoms with Crippen LogP contribution >= 0.6 is 27.7 Å². The fraction of sp³-hybridized carbons (Fsp3) is 0.143. The second kappa shape index (κ2) is 6.16. The zero-order valence-electron chi connectivity index (χ0n) is 10.0. The van der Waals surface area contributed by atoms with E-state index in [0.717, 1.165) is 15.1 Å². The van der Waals surface area contributed by atoms with Crippen molar-refractivity contribution in [2.24, 2.45) is 0 Å². The molecule has 0 spiro atoms. The lowest BCUT2D eigenvalue weighted by atomic mass is 10.3. The van der Waals surface area contributed by atoms with Gasteiger partial charge in [-0.3, -0.25) is 0 Å². The molecular weight excluding hydrogens is 310 g/mol. The minimum atomic E-state index is 0.622. The molecule has 0 bridgehead atoms. The summed E-state index contributed by atoms with van der Waals surface area (Å²) in [5.41, 5.74) is 6.53. The molecule has 2 nitrogen and oxygen atoms in total. The van der Waals surface area contributed by atoms with E-state index in [4.69, 9.17) is 10.5 Å². The summed E-state index contributed by atoms with van der Waals surface area (Å²) in [6.45, 7) is 2.57. The first-order chi connectivity index (χ1) is 8.69. The van der Waals surface area contributed by atoms with Crippen LogP contribution in [0.15, 0.2) is 56.7 Å². The predicted octanol–water partition coefficient (Wildman–Crippen LogP) is 4.58. The minimum absolute atomic E-state index is 0.622. The van der Waals surface area contributed by atoms with Crippen molar-refractivity contribution in [1.29, 1.82) is 0 Å². The molecule has 4 heteroatoms. The summed E-state index contributed by atoms with van der Waals surface area (Å²) in [5, 5.41) is 0. The highest BCUT2D eigenvalue weighted by molar-refractivity contribution is 9.10. The summed E-state index contributed by atoms with van der Waals surface area (Å²) in [4.78, 5) is 2.31. The lowest BCUT2D eigenvalue weighted by molar-refractivity contribution is 0.341. The molecule has 0 unspecified atom stereocenters. The molecule has 0 saturated carbocycles. The molecule has 0 aliphatic rings. The quantitative estimate of drug-likeness (QED) is 0.836. The first kappa shape index (κ1) is 13.3. The van der Waals surface area contributed by atoms with Crippen LogP contribution in [-0.2, 0) is 0 Å². The standard InChI is InChI=1S/C14H14BrNOS/c1-2-17-14-9-12(7-8-13(14)16)18-11-5-3-10(15)4-6-11/h3-9H,2,16H2,1H3. The molecule has 94 valence electrons. The maximum absolute atomic E-state index is 5.85. The number of hydrogen-bond acceptors (Lipinski definition) is 3. The molecule has 0 heterocycles. The maximum atomic E-state index is 5.85. The second-order valence-electron chi connectivity index (χ2n) is 3.69. The monoisotopic (exact) mass is 323 g/mol. The molecule has 0 aliphatic heterocycles. The maximum Gasteiger partial charge on any atom is 0.143 e. The Hall–Kier alpha value is -1.13. The van der Waals surface area contributed by atoms with E-state index < -0.39 is 0 Å². The van der Waals surface area contributed by atoms with Gasteiger partial charge in [0.2, 0.25) is 0 Å². The Balaban J connectivity index is 2.18. The molecule has 2 rings (SSSR count). The molecule has 0 aliphatic carbocycles. The third-order valence-electron chi connectivity index (χ3n) is 2.33. The highest BCUT2D eigenvalue weighted by atomic mass is 79.9. The smallest absolute Gasteiger partial charge is 0.143 e. The van der Waals surface area contributed by atoms with E-state index in [2.05, 4.69) is 28.1 Å². The average molecular weight is 324 g/mol. The van der Waals surface area contributed by atoms with Crippen molar-refractivity contribution in [3.63, 3.8) is 0 Å². The molecule has 2 aromatic carbocycles. The van der Waals surface area contributed by atoms with Gasteiger partial charge in [0, 0.05) is 14.3 Å². The molecule has 0 saturated heterocycles. The van der Waals surface area contributed by atoms with Crippen LogP contribution in [0.2, 0.25) is 0 Å². The number of ether oxygens (including phenoxy) is 1. The lowest BCUT2D eigenvalue weighted by Crippen LogP contribution is -1.96. The van der Waals surface area contributed by atoms with Crippen molar-refractivity contribution in [1.82, 2.24) is 0 Å². The molecule has 2 aromatic rings. The molecule has 0 fully saturated rings. The highest BCUT2D eigenvalue weighted by Crippen LogP contribution is 2.33. The van der Waals surface area contributed by atoms with Crippen LogP contribution in [0.5, 0.6) is 5.75 Å². The summed E-state index contributed by atoms with van der Waals surface area (Å²) in [6.07, 6.45) is 0. The van der Waals surface area contributed by atoms with Gasteiger partial charge >= 0.3 is 0 Å². The Bertz CT molecular complexity index is 528. The largest absolute Gasteiger partial charge is 0.492 e. The van der Waals surface area contributed by atoms with Crippen molar-refractivity contribution in [3.8, 4) is 5.75 Å². The van der Waals surface area contributed by atoms with Crippen molar-refractivity contribution in [3.05, 3.63) is 46.9 Å². The molecule has 18 heavy (non-hydrogen) atoms. The Kier molecular flexibility index (Phi) is 4.55. The Morgan fingerprint density at radius 3 is 2.44 bits per heavy atom. The van der Waals surface area contributed by atoms with Gasteiger partial charge < -0.3 is 10.5 Å². The van der Waals surface area contributed by atoms with Crippen LogP contribution in [0.3, 0.4) is 0 Å². The Morgan fingerprint density at radius 1 is 1.11 bits per heavy atom. The van der Waals surface area contributed by atoms with E-state index in [0.29, 0.717) is 12.3 Å². The first-order valence-corrected chi connectivity index (χ1v) is 7.25. The third kappa shape index (κ3) is 3.43. The zero-order chi connectivity index (χ0) is 13.0. The zero-order valence-corrected chi connectivity index (χ0v) is 12.4. The van der Waals surface area contributed by atoms with Gasteiger partial charge in [0.05, 0.1) is 12.3 Å². The van der Waals surface area contributed by atoms with Crippen LogP contribution in [0.1, 0.15) is 6.92 Å². The van der Waals surface area contributed by atoms with Crippen LogP contribution in [0.4, 0.5) is 5.69 Å². The average Bonchev–Trinajstić information content (AvgIpc) is 2.37. The summed E-state index contributed by atoms with van der Waals surface area (Å²) >= 11 is 5.12. The fourth-order valence-electron chi connectivity index (χ4n) is 1.50. The van der Waals surface area contributed by atoms with Gasteiger partial charge in [-0.05, 0) is 49.4 Å². The lowest BCUT2D eigenvalue weighted by Gasteiger charge is -2.09. The van der Waals surface area contributed by atoms with E-state index in [9.17, 15) is 0 Å². The number of nitrogens with two attached hydrogens (primary N) is 1. The van der Waals surface area contributed by atoms with E-state index in [-0.39, 0.29) is 0 Å². The number of anilines is 1. The molecule has 0 amide bonds. The number of benzene rings is 2. The SMILES string of the molecule is CCOc1cc(Sc2ccc(Br)cc2)ccc1N. The summed E-state index contributed by atoms with van der Waals surface area (Å²) in [6, 6.07) is 14.1. The van der Waals surface area contributed by atoms with Gasteiger partial charge in [0.1, 0.15) is 5.75 Å². The minimum Gasteiger partial charge on any atom is -0.492 e. The molecule has 0 aromatic heterocycles. The Labute approximate surface area is 120 Å². The normalized spacial score (nSPS) is 10.3. The molecule has 0 radical (unpaired) electrons. The van der Waals surface area contributed by atoms with Crippen molar-refractivity contribution < 1.29 is 4.74 Å². The van der Waals surface area contributed by atoms with Crippen molar-refractivity contribution in [2.45, 2.75) is 16.7 Å². The summed E-state index contributed by atoms with van der Waals surface area (Å²) in [5.74, 6) is 0.750. The van der Waals surface area contributed by atoms with Crippen LogP contribution < -0.4 is 10.5 Å². The van der Waals surface area contributed by atoms with E-state index >= 15 is 0 Å². The van der Waals surface area contributed by atoms with Crippen molar-refractivity contribution >= 4 is 33.4 Å². The highest BCUT2D eigenvalue weighted by Gasteiger charge is 2.03. The number of rotatable bonds is 4. The Morgan fingerprint density at radius 2 is 1.78 bits per heavy atom. The fourth-order valence-corrected chi connectivity index (χ4v) is 2.61.